The molecule has 0 heterocycles. The van der Waals surface area contributed by atoms with Crippen LogP contribution in [-0.2, 0) is 9.67 Å². The summed E-state index contributed by atoms with van der Waals surface area (Å²) in [4.78, 5) is 9.72. The van der Waals surface area contributed by atoms with E-state index in [1.807, 2.05) is 6.07 Å². The summed E-state index contributed by atoms with van der Waals surface area (Å²) in [5.41, 5.74) is 1.66. The number of carboxylic acids is 1. The standard InChI is InChI=1S/C15H18Cl2O2/c1-15(17,14(18)19)11-7-8-12(13(16)9-11)10-5-3-2-4-6-10/h7-10H,2-6H2,1H3,(H,18,19). The van der Waals surface area contributed by atoms with Gasteiger partial charge in [-0.05, 0) is 42.9 Å². The molecule has 0 spiro atoms. The fourth-order valence-electron chi connectivity index (χ4n) is 2.69. The molecule has 1 aromatic carbocycles. The Hall–Kier alpha value is -0.730. The Morgan fingerprint density at radius 1 is 1.32 bits per heavy atom. The van der Waals surface area contributed by atoms with Gasteiger partial charge in [-0.1, -0.05) is 43.0 Å². The molecule has 1 aliphatic rings. The van der Waals surface area contributed by atoms with Crippen molar-refractivity contribution in [2.24, 2.45) is 0 Å². The van der Waals surface area contributed by atoms with Crippen molar-refractivity contribution in [1.82, 2.24) is 0 Å². The molecule has 0 aromatic heterocycles. The first-order valence-electron chi connectivity index (χ1n) is 6.65. The van der Waals surface area contributed by atoms with E-state index in [4.69, 9.17) is 28.3 Å². The third kappa shape index (κ3) is 3.06. The maximum Gasteiger partial charge on any atom is 0.329 e. The van der Waals surface area contributed by atoms with Gasteiger partial charge in [0.2, 0.25) is 0 Å². The third-order valence-corrected chi connectivity index (χ3v) is 4.70. The van der Waals surface area contributed by atoms with Crippen LogP contribution < -0.4 is 0 Å². The van der Waals surface area contributed by atoms with E-state index in [9.17, 15) is 4.79 Å². The number of alkyl halides is 1. The highest BCUT2D eigenvalue weighted by atomic mass is 35.5. The van der Waals surface area contributed by atoms with Crippen LogP contribution in [0.15, 0.2) is 18.2 Å². The highest BCUT2D eigenvalue weighted by molar-refractivity contribution is 6.34. The van der Waals surface area contributed by atoms with Gasteiger partial charge in [0.05, 0.1) is 0 Å². The first kappa shape index (κ1) is 14.7. The van der Waals surface area contributed by atoms with E-state index in [0.29, 0.717) is 16.5 Å². The second kappa shape index (κ2) is 5.72. The molecule has 0 bridgehead atoms. The van der Waals surface area contributed by atoms with Crippen LogP contribution in [0.5, 0.6) is 0 Å². The Morgan fingerprint density at radius 2 is 1.95 bits per heavy atom. The number of carboxylic acid groups (broad SMARTS) is 1. The Bertz CT molecular complexity index is 477. The van der Waals surface area contributed by atoms with Gasteiger partial charge < -0.3 is 5.11 Å². The summed E-state index contributed by atoms with van der Waals surface area (Å²) in [5, 5.41) is 9.77. The summed E-state index contributed by atoms with van der Waals surface area (Å²) in [6.07, 6.45) is 6.10. The summed E-state index contributed by atoms with van der Waals surface area (Å²) >= 11 is 12.4. The highest BCUT2D eigenvalue weighted by Crippen LogP contribution is 2.39. The van der Waals surface area contributed by atoms with Crippen molar-refractivity contribution in [1.29, 1.82) is 0 Å². The molecule has 0 amide bonds. The SMILES string of the molecule is CC(Cl)(C(=O)O)c1ccc(C2CCCCC2)c(Cl)c1. The van der Waals surface area contributed by atoms with Gasteiger partial charge in [0, 0.05) is 5.02 Å². The molecule has 4 heteroatoms. The molecule has 0 aliphatic heterocycles. The van der Waals surface area contributed by atoms with E-state index < -0.39 is 10.8 Å². The number of hydrogen-bond acceptors (Lipinski definition) is 1. The number of halogens is 2. The van der Waals surface area contributed by atoms with Crippen LogP contribution in [-0.4, -0.2) is 11.1 Å². The average molecular weight is 301 g/mol. The van der Waals surface area contributed by atoms with Crippen molar-refractivity contribution >= 4 is 29.2 Å². The van der Waals surface area contributed by atoms with Gasteiger partial charge in [-0.15, -0.1) is 11.6 Å². The zero-order chi connectivity index (χ0) is 14.0. The van der Waals surface area contributed by atoms with Crippen molar-refractivity contribution in [3.05, 3.63) is 34.3 Å². The predicted molar refractivity (Wildman–Crippen MR) is 78.1 cm³/mol. The zero-order valence-electron chi connectivity index (χ0n) is 11.0. The molecule has 0 saturated heterocycles. The molecule has 1 atom stereocenters. The van der Waals surface area contributed by atoms with Crippen molar-refractivity contribution in [3.8, 4) is 0 Å². The van der Waals surface area contributed by atoms with Gasteiger partial charge in [-0.2, -0.15) is 0 Å². The predicted octanol–water partition coefficient (Wildman–Crippen LogP) is 4.93. The van der Waals surface area contributed by atoms with Gasteiger partial charge in [-0.25, -0.2) is 4.79 Å². The summed E-state index contributed by atoms with van der Waals surface area (Å²) in [5.74, 6) is -0.558. The maximum atomic E-state index is 11.1. The van der Waals surface area contributed by atoms with Crippen LogP contribution in [0.25, 0.3) is 0 Å². The van der Waals surface area contributed by atoms with Crippen molar-refractivity contribution < 1.29 is 9.90 Å². The topological polar surface area (TPSA) is 37.3 Å². The largest absolute Gasteiger partial charge is 0.480 e. The van der Waals surface area contributed by atoms with Crippen LogP contribution in [0.4, 0.5) is 0 Å². The van der Waals surface area contributed by atoms with E-state index in [2.05, 4.69) is 0 Å². The van der Waals surface area contributed by atoms with E-state index in [-0.39, 0.29) is 0 Å². The molecule has 1 aliphatic carbocycles. The van der Waals surface area contributed by atoms with Crippen molar-refractivity contribution in [2.75, 3.05) is 0 Å². The van der Waals surface area contributed by atoms with Crippen LogP contribution in [0.2, 0.25) is 5.02 Å². The molecular weight excluding hydrogens is 283 g/mol. The summed E-state index contributed by atoms with van der Waals surface area (Å²) in [6, 6.07) is 5.43. The monoisotopic (exact) mass is 300 g/mol. The van der Waals surface area contributed by atoms with Gasteiger partial charge in [0.25, 0.3) is 0 Å². The number of aliphatic carboxylic acids is 1. The first-order chi connectivity index (χ1) is 8.93. The van der Waals surface area contributed by atoms with Crippen LogP contribution >= 0.6 is 23.2 Å². The van der Waals surface area contributed by atoms with Crippen LogP contribution in [0, 0.1) is 0 Å². The Morgan fingerprint density at radius 3 is 2.47 bits per heavy atom. The van der Waals surface area contributed by atoms with Gasteiger partial charge in [0.15, 0.2) is 4.87 Å². The Balaban J connectivity index is 2.29. The van der Waals surface area contributed by atoms with E-state index in [0.717, 1.165) is 18.4 Å². The minimum Gasteiger partial charge on any atom is -0.480 e. The quantitative estimate of drug-likeness (QED) is 0.804. The lowest BCUT2D eigenvalue weighted by atomic mass is 9.83. The van der Waals surface area contributed by atoms with Crippen molar-refractivity contribution in [3.63, 3.8) is 0 Å². The third-order valence-electron chi connectivity index (χ3n) is 3.99. The maximum absolute atomic E-state index is 11.1. The molecule has 1 aromatic rings. The summed E-state index contributed by atoms with van der Waals surface area (Å²) in [7, 11) is 0. The molecule has 1 saturated carbocycles. The van der Waals surface area contributed by atoms with Gasteiger partial charge in [0.1, 0.15) is 0 Å². The molecule has 1 fully saturated rings. The van der Waals surface area contributed by atoms with Crippen LogP contribution in [0.1, 0.15) is 56.1 Å². The lowest BCUT2D eigenvalue weighted by Crippen LogP contribution is -2.25. The molecule has 1 N–H and O–H groups in total. The molecule has 2 nitrogen and oxygen atoms in total. The first-order valence-corrected chi connectivity index (χ1v) is 7.40. The number of carbonyl (C=O) groups is 1. The summed E-state index contributed by atoms with van der Waals surface area (Å²) < 4.78 is 0. The minimum absolute atomic E-state index is 0.502. The Kier molecular flexibility index (Phi) is 4.42. The second-order valence-corrected chi connectivity index (χ2v) is 6.54. The fraction of sp³-hybridized carbons (Fsp3) is 0.533. The average Bonchev–Trinajstić information content (AvgIpc) is 2.39. The lowest BCUT2D eigenvalue weighted by molar-refractivity contribution is -0.139. The summed E-state index contributed by atoms with van der Waals surface area (Å²) in [6.45, 7) is 1.48. The normalized spacial score (nSPS) is 19.9. The van der Waals surface area contributed by atoms with Crippen LogP contribution in [0.3, 0.4) is 0 Å². The molecule has 1 unspecified atom stereocenters. The Labute approximate surface area is 123 Å². The molecule has 2 rings (SSSR count). The minimum atomic E-state index is -1.42. The van der Waals surface area contributed by atoms with Gasteiger partial charge in [-0.3, -0.25) is 0 Å². The second-order valence-electron chi connectivity index (χ2n) is 5.38. The van der Waals surface area contributed by atoms with E-state index >= 15 is 0 Å². The highest BCUT2D eigenvalue weighted by Gasteiger charge is 2.33. The zero-order valence-corrected chi connectivity index (χ0v) is 12.5. The van der Waals surface area contributed by atoms with Gasteiger partial charge >= 0.3 is 5.97 Å². The number of rotatable bonds is 3. The molecular formula is C15H18Cl2O2. The van der Waals surface area contributed by atoms with Crippen molar-refractivity contribution in [2.45, 2.75) is 49.8 Å². The van der Waals surface area contributed by atoms with E-state index in [1.54, 1.807) is 12.1 Å². The molecule has 104 valence electrons. The van der Waals surface area contributed by atoms with E-state index in [1.165, 1.54) is 26.2 Å². The lowest BCUT2D eigenvalue weighted by Gasteiger charge is -2.24. The number of benzene rings is 1. The molecule has 0 radical (unpaired) electrons. The number of hydrogen-bond donors (Lipinski definition) is 1. The smallest absolute Gasteiger partial charge is 0.329 e. The molecule has 19 heavy (non-hydrogen) atoms. The fourth-order valence-corrected chi connectivity index (χ4v) is 3.14.